The summed E-state index contributed by atoms with van der Waals surface area (Å²) in [6, 6.07) is 21.6. The molecular formula is C24H26N4O2. The van der Waals surface area contributed by atoms with E-state index in [-0.39, 0.29) is 11.8 Å². The molecule has 30 heavy (non-hydrogen) atoms. The van der Waals surface area contributed by atoms with E-state index in [1.165, 1.54) is 0 Å². The van der Waals surface area contributed by atoms with Crippen LogP contribution >= 0.6 is 0 Å². The maximum absolute atomic E-state index is 13.2. The molecule has 1 N–H and O–H groups in total. The van der Waals surface area contributed by atoms with Gasteiger partial charge in [0.05, 0.1) is 31.4 Å². The Morgan fingerprint density at radius 1 is 1.00 bits per heavy atom. The predicted octanol–water partition coefficient (Wildman–Crippen LogP) is 3.07. The average molecular weight is 402 g/mol. The first-order chi connectivity index (χ1) is 14.7. The number of aromatic nitrogens is 2. The highest BCUT2D eigenvalue weighted by Crippen LogP contribution is 2.25. The Balaban J connectivity index is 1.52. The fraction of sp³-hybridized carbons (Fsp3) is 0.292. The highest BCUT2D eigenvalue weighted by atomic mass is 16.5. The van der Waals surface area contributed by atoms with Crippen LogP contribution in [0.3, 0.4) is 0 Å². The van der Waals surface area contributed by atoms with Crippen LogP contribution in [0.4, 0.5) is 5.95 Å². The topological polar surface area (TPSA) is 67.4 Å². The molecule has 2 heterocycles. The highest BCUT2D eigenvalue weighted by Gasteiger charge is 2.22. The van der Waals surface area contributed by atoms with Crippen molar-refractivity contribution in [1.29, 1.82) is 0 Å². The molecule has 0 unspecified atom stereocenters. The zero-order valence-electron chi connectivity index (χ0n) is 17.1. The molecule has 1 saturated heterocycles. The van der Waals surface area contributed by atoms with Crippen LogP contribution in [0.2, 0.25) is 0 Å². The van der Waals surface area contributed by atoms with Crippen LogP contribution in [0.15, 0.2) is 66.7 Å². The Bertz CT molecular complexity index is 934. The van der Waals surface area contributed by atoms with E-state index in [9.17, 15) is 4.79 Å². The van der Waals surface area contributed by atoms with Gasteiger partial charge < -0.3 is 15.0 Å². The Morgan fingerprint density at radius 2 is 1.60 bits per heavy atom. The number of nitrogens with one attached hydrogen (secondary N) is 1. The zero-order valence-corrected chi connectivity index (χ0v) is 17.1. The largest absolute Gasteiger partial charge is 0.378 e. The lowest BCUT2D eigenvalue weighted by molar-refractivity contribution is -0.121. The molecule has 4 rings (SSSR count). The van der Waals surface area contributed by atoms with Gasteiger partial charge in [0.1, 0.15) is 0 Å². The number of hydrogen-bond donors (Lipinski definition) is 1. The molecule has 0 atom stereocenters. The van der Waals surface area contributed by atoms with Crippen molar-refractivity contribution >= 4 is 11.9 Å². The third-order valence-corrected chi connectivity index (χ3v) is 5.16. The van der Waals surface area contributed by atoms with Crippen molar-refractivity contribution in [2.45, 2.75) is 19.4 Å². The minimum atomic E-state index is -0.367. The highest BCUT2D eigenvalue weighted by molar-refractivity contribution is 5.87. The van der Waals surface area contributed by atoms with Crippen molar-refractivity contribution in [3.05, 3.63) is 89.2 Å². The van der Waals surface area contributed by atoms with Crippen LogP contribution in [0.1, 0.15) is 28.4 Å². The summed E-state index contributed by atoms with van der Waals surface area (Å²) in [6.07, 6.45) is 0. The second-order valence-corrected chi connectivity index (χ2v) is 7.37. The smallest absolute Gasteiger partial charge is 0.232 e. The van der Waals surface area contributed by atoms with Crippen molar-refractivity contribution in [3.8, 4) is 0 Å². The summed E-state index contributed by atoms with van der Waals surface area (Å²) in [6.45, 7) is 5.22. The summed E-state index contributed by atoms with van der Waals surface area (Å²) in [5.41, 5.74) is 3.62. The van der Waals surface area contributed by atoms with E-state index in [1.54, 1.807) is 0 Å². The molecule has 1 amide bonds. The Morgan fingerprint density at radius 3 is 2.20 bits per heavy atom. The number of carbonyl (C=O) groups excluding carboxylic acids is 1. The quantitative estimate of drug-likeness (QED) is 0.686. The number of hydrogen-bond acceptors (Lipinski definition) is 5. The summed E-state index contributed by atoms with van der Waals surface area (Å²) in [5.74, 6) is 0.288. The molecule has 2 aromatic carbocycles. The zero-order chi connectivity index (χ0) is 20.8. The molecule has 1 aromatic heterocycles. The van der Waals surface area contributed by atoms with Crippen LogP contribution in [0, 0.1) is 6.92 Å². The normalized spacial score (nSPS) is 14.0. The fourth-order valence-corrected chi connectivity index (χ4v) is 3.68. The minimum absolute atomic E-state index is 0.0448. The van der Waals surface area contributed by atoms with Gasteiger partial charge in [0.15, 0.2) is 0 Å². The molecular weight excluding hydrogens is 376 g/mol. The van der Waals surface area contributed by atoms with Gasteiger partial charge in [-0.25, -0.2) is 9.97 Å². The Hall–Kier alpha value is -3.25. The van der Waals surface area contributed by atoms with Crippen molar-refractivity contribution in [2.75, 3.05) is 31.2 Å². The monoisotopic (exact) mass is 402 g/mol. The molecule has 0 radical (unpaired) electrons. The summed E-state index contributed by atoms with van der Waals surface area (Å²) < 4.78 is 5.42. The van der Waals surface area contributed by atoms with E-state index in [4.69, 9.17) is 4.74 Å². The van der Waals surface area contributed by atoms with Crippen molar-refractivity contribution in [1.82, 2.24) is 15.3 Å². The number of ether oxygens (including phenoxy) is 1. The van der Waals surface area contributed by atoms with Crippen molar-refractivity contribution in [3.63, 3.8) is 0 Å². The maximum Gasteiger partial charge on any atom is 0.232 e. The molecule has 1 aliphatic rings. The number of rotatable bonds is 6. The summed E-state index contributed by atoms with van der Waals surface area (Å²) >= 11 is 0. The van der Waals surface area contributed by atoms with Crippen LogP contribution in [-0.2, 0) is 16.1 Å². The molecule has 0 spiro atoms. The van der Waals surface area contributed by atoms with E-state index in [0.717, 1.165) is 35.6 Å². The number of morpholine rings is 1. The number of anilines is 1. The van der Waals surface area contributed by atoms with Gasteiger partial charge in [0.2, 0.25) is 11.9 Å². The van der Waals surface area contributed by atoms with Gasteiger partial charge in [0, 0.05) is 18.8 Å². The number of aryl methyl sites for hydroxylation is 1. The maximum atomic E-state index is 13.2. The lowest BCUT2D eigenvalue weighted by Crippen LogP contribution is -2.37. The van der Waals surface area contributed by atoms with Gasteiger partial charge in [-0.15, -0.1) is 0 Å². The molecule has 3 aromatic rings. The first-order valence-corrected chi connectivity index (χ1v) is 10.3. The first-order valence-electron chi connectivity index (χ1n) is 10.3. The third kappa shape index (κ3) is 4.83. The first kappa shape index (κ1) is 20.0. The van der Waals surface area contributed by atoms with Gasteiger partial charge in [-0.1, -0.05) is 60.7 Å². The third-order valence-electron chi connectivity index (χ3n) is 5.16. The fourth-order valence-electron chi connectivity index (χ4n) is 3.68. The lowest BCUT2D eigenvalue weighted by Gasteiger charge is -2.27. The van der Waals surface area contributed by atoms with E-state index in [0.29, 0.717) is 25.7 Å². The molecule has 154 valence electrons. The van der Waals surface area contributed by atoms with Crippen LogP contribution in [0.5, 0.6) is 0 Å². The molecule has 6 nitrogen and oxygen atoms in total. The molecule has 0 saturated carbocycles. The number of benzene rings is 2. The molecule has 0 aliphatic carbocycles. The van der Waals surface area contributed by atoms with Gasteiger partial charge >= 0.3 is 0 Å². The minimum Gasteiger partial charge on any atom is -0.378 e. The Kier molecular flexibility index (Phi) is 6.35. The summed E-state index contributed by atoms with van der Waals surface area (Å²) in [4.78, 5) is 24.6. The second-order valence-electron chi connectivity index (χ2n) is 7.37. The summed E-state index contributed by atoms with van der Waals surface area (Å²) in [7, 11) is 0. The molecule has 6 heteroatoms. The van der Waals surface area contributed by atoms with Crippen LogP contribution in [0.25, 0.3) is 0 Å². The van der Waals surface area contributed by atoms with E-state index < -0.39 is 0 Å². The average Bonchev–Trinajstić information content (AvgIpc) is 2.80. The van der Waals surface area contributed by atoms with Crippen LogP contribution in [-0.4, -0.2) is 42.2 Å². The number of nitrogens with zero attached hydrogens (tertiary/aromatic N) is 3. The van der Waals surface area contributed by atoms with Gasteiger partial charge in [-0.05, 0) is 24.1 Å². The van der Waals surface area contributed by atoms with Crippen molar-refractivity contribution in [2.24, 2.45) is 0 Å². The predicted molar refractivity (Wildman–Crippen MR) is 116 cm³/mol. The lowest BCUT2D eigenvalue weighted by atomic mass is 9.90. The van der Waals surface area contributed by atoms with E-state index >= 15 is 0 Å². The van der Waals surface area contributed by atoms with Crippen LogP contribution < -0.4 is 10.2 Å². The van der Waals surface area contributed by atoms with Gasteiger partial charge in [0.25, 0.3) is 0 Å². The second kappa shape index (κ2) is 9.50. The van der Waals surface area contributed by atoms with Crippen molar-refractivity contribution < 1.29 is 9.53 Å². The van der Waals surface area contributed by atoms with Gasteiger partial charge in [-0.3, -0.25) is 4.79 Å². The Labute approximate surface area is 176 Å². The SMILES string of the molecule is Cc1cc(CNC(=O)C(c2ccccc2)c2ccccc2)nc(N2CCOCC2)n1. The molecule has 1 fully saturated rings. The molecule has 1 aliphatic heterocycles. The van der Waals surface area contributed by atoms with Gasteiger partial charge in [-0.2, -0.15) is 0 Å². The number of carbonyl (C=O) groups is 1. The summed E-state index contributed by atoms with van der Waals surface area (Å²) in [5, 5.41) is 3.08. The molecule has 0 bridgehead atoms. The number of amides is 1. The van der Waals surface area contributed by atoms with E-state index in [1.807, 2.05) is 73.7 Å². The van der Waals surface area contributed by atoms with E-state index in [2.05, 4.69) is 20.2 Å². The standard InChI is InChI=1S/C24H26N4O2/c1-18-16-21(27-24(26-18)28-12-14-30-15-13-28)17-25-23(29)22(19-8-4-2-5-9-19)20-10-6-3-7-11-20/h2-11,16,22H,12-15,17H2,1H3,(H,25,29).